The summed E-state index contributed by atoms with van der Waals surface area (Å²) in [5, 5.41) is 24.4. The van der Waals surface area contributed by atoms with E-state index in [0.717, 1.165) is 44.3 Å². The second-order valence-electron chi connectivity index (χ2n) is 6.12. The molecule has 0 aromatic heterocycles. The lowest BCUT2D eigenvalue weighted by Gasteiger charge is -2.19. The molecule has 1 N–H and O–H groups in total. The highest BCUT2D eigenvalue weighted by Crippen LogP contribution is 2.22. The Morgan fingerprint density at radius 3 is 2.08 bits per heavy atom. The van der Waals surface area contributed by atoms with E-state index in [2.05, 4.69) is 10.2 Å². The third kappa shape index (κ3) is 5.79. The molecule has 1 heterocycles. The summed E-state index contributed by atoms with van der Waals surface area (Å²) >= 11 is 0. The molecule has 1 aliphatic heterocycles. The van der Waals surface area contributed by atoms with Crippen LogP contribution in [0.5, 0.6) is 0 Å². The molecule has 9 nitrogen and oxygen atoms in total. The molecule has 136 valence electrons. The fraction of sp³-hybridized carbons (Fsp3) is 0.562. The smallest absolute Gasteiger partial charge is 0.277 e. The normalized spacial score (nSPS) is 15.4. The van der Waals surface area contributed by atoms with Gasteiger partial charge in [-0.05, 0) is 38.9 Å². The Morgan fingerprint density at radius 1 is 1.00 bits per heavy atom. The molecule has 0 radical (unpaired) electrons. The molecule has 2 rings (SSSR count). The number of non-ortho nitro benzene ring substituents is 2. The van der Waals surface area contributed by atoms with Crippen molar-refractivity contribution in [3.05, 3.63) is 44.0 Å². The van der Waals surface area contributed by atoms with Crippen LogP contribution in [-0.4, -0.2) is 46.8 Å². The number of benzene rings is 1. The minimum Gasteiger partial charge on any atom is -0.352 e. The van der Waals surface area contributed by atoms with E-state index >= 15 is 0 Å². The SMILES string of the molecule is O=C(NCCCN1CCCCCC1)c1cc([N+](=O)[O-])cc([N+](=O)[O-])c1. The van der Waals surface area contributed by atoms with Crippen LogP contribution < -0.4 is 5.32 Å². The van der Waals surface area contributed by atoms with Crippen molar-refractivity contribution >= 4 is 17.3 Å². The lowest BCUT2D eigenvalue weighted by Crippen LogP contribution is -2.30. The molecule has 0 bridgehead atoms. The van der Waals surface area contributed by atoms with Gasteiger partial charge in [-0.2, -0.15) is 0 Å². The topological polar surface area (TPSA) is 119 Å². The molecule has 1 fully saturated rings. The number of likely N-dealkylation sites (tertiary alicyclic amines) is 1. The van der Waals surface area contributed by atoms with Gasteiger partial charge in [0, 0.05) is 18.7 Å². The van der Waals surface area contributed by atoms with Crippen molar-refractivity contribution < 1.29 is 14.6 Å². The number of hydrogen-bond donors (Lipinski definition) is 1. The summed E-state index contributed by atoms with van der Waals surface area (Å²) in [5.41, 5.74) is -1.01. The summed E-state index contributed by atoms with van der Waals surface area (Å²) in [6.45, 7) is 3.46. The zero-order valence-electron chi connectivity index (χ0n) is 14.0. The maximum absolute atomic E-state index is 12.1. The Bertz CT molecular complexity index is 609. The zero-order valence-corrected chi connectivity index (χ0v) is 14.0. The number of carbonyl (C=O) groups excluding carboxylic acids is 1. The Morgan fingerprint density at radius 2 is 1.56 bits per heavy atom. The molecule has 0 saturated carbocycles. The average Bonchev–Trinajstić information content (AvgIpc) is 2.86. The number of nitrogens with zero attached hydrogens (tertiary/aromatic N) is 3. The lowest BCUT2D eigenvalue weighted by atomic mass is 10.1. The molecule has 9 heteroatoms. The Labute approximate surface area is 145 Å². The van der Waals surface area contributed by atoms with Gasteiger partial charge in [-0.15, -0.1) is 0 Å². The van der Waals surface area contributed by atoms with E-state index < -0.39 is 27.1 Å². The largest absolute Gasteiger partial charge is 0.352 e. The van der Waals surface area contributed by atoms with Gasteiger partial charge in [0.25, 0.3) is 17.3 Å². The second kappa shape index (κ2) is 9.07. The highest BCUT2D eigenvalue weighted by Gasteiger charge is 2.19. The predicted octanol–water partition coefficient (Wildman–Crippen LogP) is 2.50. The van der Waals surface area contributed by atoms with Crippen molar-refractivity contribution in [2.24, 2.45) is 0 Å². The average molecular weight is 350 g/mol. The van der Waals surface area contributed by atoms with Crippen LogP contribution >= 0.6 is 0 Å². The lowest BCUT2D eigenvalue weighted by molar-refractivity contribution is -0.394. The van der Waals surface area contributed by atoms with Gasteiger partial charge in [0.05, 0.1) is 21.5 Å². The number of hydrogen-bond acceptors (Lipinski definition) is 6. The first kappa shape index (κ1) is 18.8. The van der Waals surface area contributed by atoms with Crippen molar-refractivity contribution in [3.63, 3.8) is 0 Å². The van der Waals surface area contributed by atoms with E-state index in [1.165, 1.54) is 25.7 Å². The molecule has 0 spiro atoms. The van der Waals surface area contributed by atoms with Gasteiger partial charge < -0.3 is 10.2 Å². The van der Waals surface area contributed by atoms with E-state index in [-0.39, 0.29) is 5.56 Å². The van der Waals surface area contributed by atoms with Crippen LogP contribution in [0.2, 0.25) is 0 Å². The van der Waals surface area contributed by atoms with Gasteiger partial charge in [0.1, 0.15) is 0 Å². The number of nitro benzene ring substituents is 2. The van der Waals surface area contributed by atoms with Gasteiger partial charge in [0.2, 0.25) is 0 Å². The maximum Gasteiger partial charge on any atom is 0.277 e. The van der Waals surface area contributed by atoms with Crippen molar-refractivity contribution in [2.45, 2.75) is 32.1 Å². The third-order valence-corrected chi connectivity index (χ3v) is 4.22. The number of nitrogens with one attached hydrogen (secondary N) is 1. The summed E-state index contributed by atoms with van der Waals surface area (Å²) in [7, 11) is 0. The van der Waals surface area contributed by atoms with Gasteiger partial charge in [-0.1, -0.05) is 12.8 Å². The Balaban J connectivity index is 1.89. The van der Waals surface area contributed by atoms with Crippen LogP contribution in [-0.2, 0) is 0 Å². The van der Waals surface area contributed by atoms with Crippen LogP contribution in [0.25, 0.3) is 0 Å². The minimum absolute atomic E-state index is 0.0735. The highest BCUT2D eigenvalue weighted by atomic mass is 16.6. The Hall–Kier alpha value is -2.55. The molecule has 1 aromatic carbocycles. The molecular formula is C16H22N4O5. The van der Waals surface area contributed by atoms with Crippen LogP contribution in [0.1, 0.15) is 42.5 Å². The third-order valence-electron chi connectivity index (χ3n) is 4.22. The van der Waals surface area contributed by atoms with E-state index in [9.17, 15) is 25.0 Å². The molecule has 1 amide bonds. The van der Waals surface area contributed by atoms with Crippen LogP contribution in [0, 0.1) is 20.2 Å². The first-order chi connectivity index (χ1) is 12.0. The number of nitro groups is 2. The van der Waals surface area contributed by atoms with E-state index in [4.69, 9.17) is 0 Å². The standard InChI is InChI=1S/C16H22N4O5/c21-16(17-6-5-9-18-7-3-1-2-4-8-18)13-10-14(19(22)23)12-15(11-13)20(24)25/h10-12H,1-9H2,(H,17,21). The van der Waals surface area contributed by atoms with Crippen molar-refractivity contribution in [1.82, 2.24) is 10.2 Å². The van der Waals surface area contributed by atoms with Crippen molar-refractivity contribution in [1.29, 1.82) is 0 Å². The zero-order chi connectivity index (χ0) is 18.2. The second-order valence-corrected chi connectivity index (χ2v) is 6.12. The van der Waals surface area contributed by atoms with Gasteiger partial charge in [-0.25, -0.2) is 0 Å². The summed E-state index contributed by atoms with van der Waals surface area (Å²) in [6, 6.07) is 2.95. The number of rotatable bonds is 7. The van der Waals surface area contributed by atoms with E-state index in [1.54, 1.807) is 0 Å². The molecule has 1 aliphatic rings. The van der Waals surface area contributed by atoms with Crippen LogP contribution in [0.15, 0.2) is 18.2 Å². The fourth-order valence-electron chi connectivity index (χ4n) is 2.90. The van der Waals surface area contributed by atoms with Crippen molar-refractivity contribution in [3.8, 4) is 0 Å². The Kier molecular flexibility index (Phi) is 6.81. The molecule has 0 atom stereocenters. The number of amides is 1. The first-order valence-electron chi connectivity index (χ1n) is 8.42. The van der Waals surface area contributed by atoms with Gasteiger partial charge in [-0.3, -0.25) is 25.0 Å². The predicted molar refractivity (Wildman–Crippen MR) is 91.6 cm³/mol. The van der Waals surface area contributed by atoms with Gasteiger partial charge in [0.15, 0.2) is 0 Å². The maximum atomic E-state index is 12.1. The molecule has 0 unspecified atom stereocenters. The van der Waals surface area contributed by atoms with Crippen LogP contribution in [0.4, 0.5) is 11.4 Å². The highest BCUT2D eigenvalue weighted by molar-refractivity contribution is 5.95. The van der Waals surface area contributed by atoms with E-state index in [0.29, 0.717) is 6.54 Å². The summed E-state index contributed by atoms with van der Waals surface area (Å²) < 4.78 is 0. The molecule has 0 aliphatic carbocycles. The summed E-state index contributed by atoms with van der Waals surface area (Å²) in [4.78, 5) is 34.7. The quantitative estimate of drug-likeness (QED) is 0.458. The molecular weight excluding hydrogens is 328 g/mol. The molecule has 25 heavy (non-hydrogen) atoms. The van der Waals surface area contributed by atoms with Gasteiger partial charge >= 0.3 is 0 Å². The first-order valence-corrected chi connectivity index (χ1v) is 8.42. The van der Waals surface area contributed by atoms with E-state index in [1.807, 2.05) is 0 Å². The number of carbonyl (C=O) groups is 1. The fourth-order valence-corrected chi connectivity index (χ4v) is 2.90. The summed E-state index contributed by atoms with van der Waals surface area (Å²) in [6.07, 6.45) is 5.69. The minimum atomic E-state index is -0.747. The van der Waals surface area contributed by atoms with Crippen molar-refractivity contribution in [2.75, 3.05) is 26.2 Å². The van der Waals surface area contributed by atoms with Crippen LogP contribution in [0.3, 0.4) is 0 Å². The summed E-state index contributed by atoms with van der Waals surface area (Å²) in [5.74, 6) is -0.539. The monoisotopic (exact) mass is 350 g/mol. The molecule has 1 aromatic rings. The molecule has 1 saturated heterocycles.